The van der Waals surface area contributed by atoms with Gasteiger partial charge in [-0.05, 0) is 24.6 Å². The van der Waals surface area contributed by atoms with Gasteiger partial charge in [0.15, 0.2) is 5.69 Å². The molecule has 5 unspecified atom stereocenters. The maximum Gasteiger partial charge on any atom is 0.154 e. The second kappa shape index (κ2) is 9.85. The molecule has 2 aromatic rings. The molecular weight excluding hydrogens is 469 g/mol. The molecule has 8 nitrogen and oxygen atoms in total. The summed E-state index contributed by atoms with van der Waals surface area (Å²) in [4.78, 5) is 4.65. The maximum absolute atomic E-state index is 14.0. The van der Waals surface area contributed by atoms with Crippen molar-refractivity contribution in [3.63, 3.8) is 0 Å². The Morgan fingerprint density at radius 1 is 1.45 bits per heavy atom. The van der Waals surface area contributed by atoms with Crippen LogP contribution in [0.4, 0.5) is 4.39 Å². The molecule has 0 radical (unpaired) electrons. The smallest absolute Gasteiger partial charge is 0.154 e. The Kier molecular flexibility index (Phi) is 7.09. The third-order valence-corrected chi connectivity index (χ3v) is 7.03. The van der Waals surface area contributed by atoms with E-state index < -0.39 is 17.6 Å². The summed E-state index contributed by atoms with van der Waals surface area (Å²) in [6.07, 6.45) is 1.85. The molecule has 0 spiro atoms. The Balaban J connectivity index is 1.61. The number of pyridine rings is 1. The zero-order chi connectivity index (χ0) is 23.7. The molecule has 2 saturated heterocycles. The number of aryl methyl sites for hydroxylation is 1. The highest BCUT2D eigenvalue weighted by Gasteiger charge is 2.53. The highest BCUT2D eigenvalue weighted by Crippen LogP contribution is 2.41. The van der Waals surface area contributed by atoms with Crippen LogP contribution < -0.4 is 11.6 Å². The van der Waals surface area contributed by atoms with E-state index in [2.05, 4.69) is 11.1 Å². The van der Waals surface area contributed by atoms with Gasteiger partial charge in [-0.3, -0.25) is 0 Å². The number of hydrazine groups is 1. The van der Waals surface area contributed by atoms with Crippen LogP contribution in [0.2, 0.25) is 5.02 Å². The standard InChI is InChI=1S/C22H23ClFN5O3S/c1-11-3-4-12(5-14(11)24)15(26)9-29(27)19-20-17(10-31-20)32-22(21(19)30-2)33-18-6-13(23)8-28-16(18)7-25/h3-6,8-9,17,19-22H,10,26-27H2,1-2H3/b15-9-. The number of nitrogens with two attached hydrogens (primary N) is 2. The number of benzene rings is 1. The predicted molar refractivity (Wildman–Crippen MR) is 122 cm³/mol. The molecule has 0 bridgehead atoms. The van der Waals surface area contributed by atoms with Crippen LogP contribution in [0.1, 0.15) is 16.8 Å². The Labute approximate surface area is 200 Å². The maximum atomic E-state index is 14.0. The van der Waals surface area contributed by atoms with Crippen molar-refractivity contribution in [3.05, 3.63) is 64.3 Å². The van der Waals surface area contributed by atoms with E-state index in [9.17, 15) is 9.65 Å². The van der Waals surface area contributed by atoms with Crippen molar-refractivity contribution in [2.45, 2.75) is 41.6 Å². The molecular formula is C22H23ClFN5O3S. The van der Waals surface area contributed by atoms with Crippen LogP contribution in [0.5, 0.6) is 0 Å². The lowest BCUT2D eigenvalue weighted by Crippen LogP contribution is -2.70. The summed E-state index contributed by atoms with van der Waals surface area (Å²) >= 11 is 7.37. The van der Waals surface area contributed by atoms with Gasteiger partial charge in [-0.2, -0.15) is 5.26 Å². The van der Waals surface area contributed by atoms with Crippen LogP contribution >= 0.6 is 23.4 Å². The number of aromatic nitrogens is 1. The average Bonchev–Trinajstić information content (AvgIpc) is 2.77. The average molecular weight is 492 g/mol. The minimum absolute atomic E-state index is 0.214. The van der Waals surface area contributed by atoms with Crippen molar-refractivity contribution in [3.8, 4) is 6.07 Å². The number of hydrogen-bond acceptors (Lipinski definition) is 9. The second-order valence-corrected chi connectivity index (χ2v) is 9.33. The van der Waals surface area contributed by atoms with Gasteiger partial charge in [0.2, 0.25) is 0 Å². The van der Waals surface area contributed by atoms with Gasteiger partial charge in [0.1, 0.15) is 41.7 Å². The lowest BCUT2D eigenvalue weighted by molar-refractivity contribution is -0.272. The van der Waals surface area contributed by atoms with E-state index in [-0.39, 0.29) is 23.7 Å². The Hall–Kier alpha value is -2.39. The van der Waals surface area contributed by atoms with Gasteiger partial charge in [-0.1, -0.05) is 35.5 Å². The highest BCUT2D eigenvalue weighted by atomic mass is 35.5. The Morgan fingerprint density at radius 3 is 2.88 bits per heavy atom. The van der Waals surface area contributed by atoms with E-state index in [0.717, 1.165) is 0 Å². The van der Waals surface area contributed by atoms with Crippen LogP contribution in [0, 0.1) is 24.1 Å². The molecule has 11 heteroatoms. The number of thioether (sulfide) groups is 1. The van der Waals surface area contributed by atoms with E-state index in [1.54, 1.807) is 32.2 Å². The van der Waals surface area contributed by atoms with Gasteiger partial charge in [0.25, 0.3) is 0 Å². The lowest BCUT2D eigenvalue weighted by atomic mass is 9.93. The fraction of sp³-hybridized carbons (Fsp3) is 0.364. The number of fused-ring (bicyclic) bond motifs is 1. The zero-order valence-electron chi connectivity index (χ0n) is 17.9. The highest BCUT2D eigenvalue weighted by molar-refractivity contribution is 7.99. The first-order chi connectivity index (χ1) is 15.8. The first kappa shape index (κ1) is 23.8. The van der Waals surface area contributed by atoms with E-state index in [0.29, 0.717) is 33.3 Å². The number of halogens is 2. The zero-order valence-corrected chi connectivity index (χ0v) is 19.5. The molecule has 0 aliphatic carbocycles. The van der Waals surface area contributed by atoms with Gasteiger partial charge >= 0.3 is 0 Å². The van der Waals surface area contributed by atoms with E-state index >= 15 is 0 Å². The molecule has 0 saturated carbocycles. The Morgan fingerprint density at radius 2 is 2.24 bits per heavy atom. The molecule has 5 atom stereocenters. The van der Waals surface area contributed by atoms with Crippen molar-refractivity contribution in [2.75, 3.05) is 13.7 Å². The van der Waals surface area contributed by atoms with Gasteiger partial charge in [0, 0.05) is 30.0 Å². The second-order valence-electron chi connectivity index (χ2n) is 7.76. The topological polar surface area (TPSA) is 120 Å². The summed E-state index contributed by atoms with van der Waals surface area (Å²) < 4.78 is 31.7. The molecule has 33 heavy (non-hydrogen) atoms. The molecule has 2 aliphatic heterocycles. The molecule has 1 aromatic carbocycles. The van der Waals surface area contributed by atoms with Crippen LogP contribution in [-0.4, -0.2) is 53.5 Å². The summed E-state index contributed by atoms with van der Waals surface area (Å²) in [5.41, 5.74) is 7.26. The van der Waals surface area contributed by atoms with E-state index in [4.69, 9.17) is 37.4 Å². The monoisotopic (exact) mass is 491 g/mol. The summed E-state index contributed by atoms with van der Waals surface area (Å²) in [5.74, 6) is 6.06. The van der Waals surface area contributed by atoms with Crippen LogP contribution in [-0.2, 0) is 14.2 Å². The number of nitrogens with zero attached hydrogens (tertiary/aromatic N) is 3. The lowest BCUT2D eigenvalue weighted by Gasteiger charge is -2.53. The third kappa shape index (κ3) is 4.80. The fourth-order valence-corrected chi connectivity index (χ4v) is 5.30. The molecule has 2 fully saturated rings. The quantitative estimate of drug-likeness (QED) is 0.464. The summed E-state index contributed by atoms with van der Waals surface area (Å²) in [7, 11) is 1.55. The van der Waals surface area contributed by atoms with Crippen LogP contribution in [0.25, 0.3) is 5.70 Å². The first-order valence-electron chi connectivity index (χ1n) is 10.1. The fourth-order valence-electron chi connectivity index (χ4n) is 3.82. The Bertz CT molecular complexity index is 1110. The minimum atomic E-state index is -0.550. The van der Waals surface area contributed by atoms with Gasteiger partial charge in [-0.15, -0.1) is 0 Å². The molecule has 1 aromatic heterocycles. The first-order valence-corrected chi connectivity index (χ1v) is 11.4. The molecule has 2 aliphatic rings. The van der Waals surface area contributed by atoms with Crippen molar-refractivity contribution >= 4 is 29.1 Å². The van der Waals surface area contributed by atoms with E-state index in [1.807, 2.05) is 0 Å². The van der Waals surface area contributed by atoms with Gasteiger partial charge in [-0.25, -0.2) is 15.2 Å². The van der Waals surface area contributed by atoms with Crippen molar-refractivity contribution < 1.29 is 18.6 Å². The van der Waals surface area contributed by atoms with Crippen molar-refractivity contribution in [1.29, 1.82) is 5.26 Å². The van der Waals surface area contributed by atoms with Crippen molar-refractivity contribution in [2.24, 2.45) is 11.6 Å². The number of methoxy groups -OCH3 is 1. The van der Waals surface area contributed by atoms with Crippen molar-refractivity contribution in [1.82, 2.24) is 9.99 Å². The molecule has 4 N–H and O–H groups in total. The van der Waals surface area contributed by atoms with Gasteiger partial charge in [0.05, 0.1) is 17.3 Å². The summed E-state index contributed by atoms with van der Waals surface area (Å²) in [6.45, 7) is 2.09. The number of nitriles is 1. The molecule has 0 amide bonds. The van der Waals surface area contributed by atoms with Crippen LogP contribution in [0.3, 0.4) is 0 Å². The normalized spacial score (nSPS) is 26.8. The third-order valence-electron chi connectivity index (χ3n) is 5.65. The van der Waals surface area contributed by atoms with Crippen LogP contribution in [0.15, 0.2) is 41.6 Å². The largest absolute Gasteiger partial charge is 0.397 e. The summed E-state index contributed by atoms with van der Waals surface area (Å²) in [5, 5.41) is 11.2. The number of rotatable bonds is 6. The van der Waals surface area contributed by atoms with E-state index in [1.165, 1.54) is 35.2 Å². The molecule has 174 valence electrons. The number of hydrogen-bond donors (Lipinski definition) is 2. The molecule has 3 heterocycles. The predicted octanol–water partition coefficient (Wildman–Crippen LogP) is 2.79. The van der Waals surface area contributed by atoms with Gasteiger partial charge < -0.3 is 25.0 Å². The molecule has 4 rings (SSSR count). The minimum Gasteiger partial charge on any atom is -0.397 e. The summed E-state index contributed by atoms with van der Waals surface area (Å²) in [6, 6.07) is 8.02. The SMILES string of the molecule is COC1C(Sc2cc(Cl)cnc2C#N)OC2COC2C1N(N)/C=C(\N)c1ccc(C)c(F)c1. The number of ether oxygens (including phenoxy) is 3.